The van der Waals surface area contributed by atoms with Gasteiger partial charge < -0.3 is 5.73 Å². The van der Waals surface area contributed by atoms with Crippen molar-refractivity contribution in [2.75, 3.05) is 6.54 Å². The molecule has 1 aliphatic carbocycles. The molecule has 1 aromatic heterocycles. The summed E-state index contributed by atoms with van der Waals surface area (Å²) >= 11 is 0. The van der Waals surface area contributed by atoms with Crippen LogP contribution in [0.5, 0.6) is 0 Å². The number of hydrogen-bond acceptors (Lipinski definition) is 4. The first-order valence-corrected chi connectivity index (χ1v) is 8.65. The Labute approximate surface area is 120 Å². The summed E-state index contributed by atoms with van der Waals surface area (Å²) in [6.45, 7) is 5.37. The van der Waals surface area contributed by atoms with Gasteiger partial charge in [0.15, 0.2) is 0 Å². The number of aromatic nitrogens is 2. The molecule has 0 aromatic carbocycles. The van der Waals surface area contributed by atoms with E-state index in [1.54, 1.807) is 4.68 Å². The van der Waals surface area contributed by atoms with E-state index in [2.05, 4.69) is 23.7 Å². The van der Waals surface area contributed by atoms with Gasteiger partial charge in [0.1, 0.15) is 4.90 Å². The number of nitrogens with zero attached hydrogens (tertiary/aromatic N) is 2. The first kappa shape index (κ1) is 15.5. The van der Waals surface area contributed by atoms with Crippen molar-refractivity contribution in [3.63, 3.8) is 0 Å². The van der Waals surface area contributed by atoms with Crippen LogP contribution in [0, 0.1) is 11.8 Å². The van der Waals surface area contributed by atoms with E-state index < -0.39 is 10.0 Å². The normalized spacial score (nSPS) is 27.6. The lowest BCUT2D eigenvalue weighted by Crippen LogP contribution is -2.39. The van der Waals surface area contributed by atoms with Crippen LogP contribution >= 0.6 is 0 Å². The molecule has 114 valence electrons. The Morgan fingerprint density at radius 3 is 2.80 bits per heavy atom. The van der Waals surface area contributed by atoms with Gasteiger partial charge in [0.25, 0.3) is 0 Å². The van der Waals surface area contributed by atoms with E-state index in [0.717, 1.165) is 19.3 Å². The summed E-state index contributed by atoms with van der Waals surface area (Å²) in [4.78, 5) is 0.220. The standard InChI is InChI=1S/C13H24N4O2S/c1-10-3-4-12(7-11(10)2)16-20(18,19)13-8-15-17(9-13)6-5-14/h8-12,16H,3-7,14H2,1-2H3. The Morgan fingerprint density at radius 1 is 1.40 bits per heavy atom. The second-order valence-electron chi connectivity index (χ2n) is 5.81. The van der Waals surface area contributed by atoms with E-state index in [0.29, 0.717) is 24.9 Å². The van der Waals surface area contributed by atoms with Gasteiger partial charge in [-0.2, -0.15) is 5.10 Å². The highest BCUT2D eigenvalue weighted by Gasteiger charge is 2.28. The van der Waals surface area contributed by atoms with Gasteiger partial charge in [-0.25, -0.2) is 13.1 Å². The Balaban J connectivity index is 2.03. The zero-order valence-corrected chi connectivity index (χ0v) is 12.9. The molecule has 1 saturated carbocycles. The molecule has 1 aliphatic rings. The fourth-order valence-corrected chi connectivity index (χ4v) is 3.92. The third kappa shape index (κ3) is 3.59. The second kappa shape index (κ2) is 6.24. The van der Waals surface area contributed by atoms with Crippen molar-refractivity contribution in [1.82, 2.24) is 14.5 Å². The lowest BCUT2D eigenvalue weighted by Gasteiger charge is -2.32. The van der Waals surface area contributed by atoms with Gasteiger partial charge >= 0.3 is 0 Å². The first-order valence-electron chi connectivity index (χ1n) is 7.17. The van der Waals surface area contributed by atoms with Crippen molar-refractivity contribution < 1.29 is 8.42 Å². The van der Waals surface area contributed by atoms with Crippen molar-refractivity contribution in [2.24, 2.45) is 17.6 Å². The predicted molar refractivity (Wildman–Crippen MR) is 77.6 cm³/mol. The van der Waals surface area contributed by atoms with E-state index in [1.807, 2.05) is 0 Å². The van der Waals surface area contributed by atoms with Crippen LogP contribution in [0.1, 0.15) is 33.1 Å². The van der Waals surface area contributed by atoms with E-state index in [9.17, 15) is 8.42 Å². The molecule has 1 aromatic rings. The van der Waals surface area contributed by atoms with Gasteiger partial charge in [-0.1, -0.05) is 13.8 Å². The highest BCUT2D eigenvalue weighted by molar-refractivity contribution is 7.89. The molecule has 0 radical (unpaired) electrons. The third-order valence-electron chi connectivity index (χ3n) is 4.20. The maximum atomic E-state index is 12.3. The smallest absolute Gasteiger partial charge is 0.243 e. The summed E-state index contributed by atoms with van der Waals surface area (Å²) in [7, 11) is -3.47. The molecule has 0 saturated heterocycles. The number of sulfonamides is 1. The summed E-state index contributed by atoms with van der Waals surface area (Å²) in [5.74, 6) is 1.22. The van der Waals surface area contributed by atoms with Crippen LogP contribution in [0.3, 0.4) is 0 Å². The lowest BCUT2D eigenvalue weighted by molar-refractivity contribution is 0.242. The minimum Gasteiger partial charge on any atom is -0.329 e. The van der Waals surface area contributed by atoms with Crippen LogP contribution in [0.15, 0.2) is 17.3 Å². The van der Waals surface area contributed by atoms with Crippen LogP contribution in [-0.2, 0) is 16.6 Å². The van der Waals surface area contributed by atoms with E-state index in [1.165, 1.54) is 12.4 Å². The monoisotopic (exact) mass is 300 g/mol. The fraction of sp³-hybridized carbons (Fsp3) is 0.769. The molecular weight excluding hydrogens is 276 g/mol. The maximum Gasteiger partial charge on any atom is 0.243 e. The number of nitrogens with two attached hydrogens (primary N) is 1. The second-order valence-corrected chi connectivity index (χ2v) is 7.53. The zero-order chi connectivity index (χ0) is 14.8. The predicted octanol–water partition coefficient (Wildman–Crippen LogP) is 0.945. The Kier molecular flexibility index (Phi) is 4.82. The molecule has 6 nitrogen and oxygen atoms in total. The van der Waals surface area contributed by atoms with Crippen LogP contribution in [-0.4, -0.2) is 30.8 Å². The molecule has 2 rings (SSSR count). The zero-order valence-electron chi connectivity index (χ0n) is 12.1. The van der Waals surface area contributed by atoms with Crippen LogP contribution in [0.25, 0.3) is 0 Å². The summed E-state index contributed by atoms with van der Waals surface area (Å²) in [5.41, 5.74) is 5.43. The highest BCUT2D eigenvalue weighted by atomic mass is 32.2. The SMILES string of the molecule is CC1CCC(NS(=O)(=O)c2cnn(CCN)c2)CC1C. The number of hydrogen-bond donors (Lipinski definition) is 2. The van der Waals surface area contributed by atoms with Gasteiger partial charge in [0.2, 0.25) is 10.0 Å². The minimum atomic E-state index is -3.47. The summed E-state index contributed by atoms with van der Waals surface area (Å²) in [6, 6.07) is 0.0315. The van der Waals surface area contributed by atoms with Crippen molar-refractivity contribution in [1.29, 1.82) is 0 Å². The largest absolute Gasteiger partial charge is 0.329 e. The molecule has 0 aliphatic heterocycles. The van der Waals surface area contributed by atoms with E-state index >= 15 is 0 Å². The Hall–Kier alpha value is -0.920. The number of nitrogens with one attached hydrogen (secondary N) is 1. The molecule has 20 heavy (non-hydrogen) atoms. The molecule has 7 heteroatoms. The van der Waals surface area contributed by atoms with Crippen molar-refractivity contribution in [2.45, 2.75) is 50.6 Å². The van der Waals surface area contributed by atoms with Crippen LogP contribution < -0.4 is 10.5 Å². The molecule has 0 amide bonds. The van der Waals surface area contributed by atoms with E-state index in [-0.39, 0.29) is 10.9 Å². The molecule has 3 N–H and O–H groups in total. The minimum absolute atomic E-state index is 0.0315. The molecule has 3 atom stereocenters. The molecule has 1 fully saturated rings. The number of rotatable bonds is 5. The van der Waals surface area contributed by atoms with E-state index in [4.69, 9.17) is 5.73 Å². The molecular formula is C13H24N4O2S. The third-order valence-corrected chi connectivity index (χ3v) is 5.67. The average Bonchev–Trinajstić information content (AvgIpc) is 2.83. The van der Waals surface area contributed by atoms with Gasteiger partial charge in [-0.05, 0) is 31.1 Å². The van der Waals surface area contributed by atoms with Gasteiger partial charge in [-0.3, -0.25) is 4.68 Å². The van der Waals surface area contributed by atoms with Crippen LogP contribution in [0.2, 0.25) is 0 Å². The Morgan fingerprint density at radius 2 is 2.15 bits per heavy atom. The molecule has 0 spiro atoms. The van der Waals surface area contributed by atoms with Gasteiger partial charge in [-0.15, -0.1) is 0 Å². The van der Waals surface area contributed by atoms with Crippen molar-refractivity contribution in [3.8, 4) is 0 Å². The van der Waals surface area contributed by atoms with Crippen molar-refractivity contribution in [3.05, 3.63) is 12.4 Å². The maximum absolute atomic E-state index is 12.3. The van der Waals surface area contributed by atoms with Gasteiger partial charge in [0, 0.05) is 18.8 Å². The lowest BCUT2D eigenvalue weighted by atomic mass is 9.79. The topological polar surface area (TPSA) is 90.0 Å². The highest BCUT2D eigenvalue weighted by Crippen LogP contribution is 2.30. The summed E-state index contributed by atoms with van der Waals surface area (Å²) in [5, 5.41) is 4.01. The fourth-order valence-electron chi connectivity index (χ4n) is 2.68. The summed E-state index contributed by atoms with van der Waals surface area (Å²) < 4.78 is 29.0. The first-order chi connectivity index (χ1) is 9.42. The molecule has 1 heterocycles. The summed E-state index contributed by atoms with van der Waals surface area (Å²) in [6.07, 6.45) is 5.79. The Bertz CT molecular complexity index is 540. The average molecular weight is 300 g/mol. The van der Waals surface area contributed by atoms with Crippen LogP contribution in [0.4, 0.5) is 0 Å². The van der Waals surface area contributed by atoms with Crippen molar-refractivity contribution >= 4 is 10.0 Å². The molecule has 0 bridgehead atoms. The molecule has 3 unspecified atom stereocenters. The quantitative estimate of drug-likeness (QED) is 0.847. The van der Waals surface area contributed by atoms with Gasteiger partial charge in [0.05, 0.1) is 12.7 Å².